The number of ether oxygens (including phenoxy) is 4. The summed E-state index contributed by atoms with van der Waals surface area (Å²) < 4.78 is 41.3. The average molecular weight is 542 g/mol. The van der Waals surface area contributed by atoms with E-state index in [4.69, 9.17) is 24.7 Å². The fourth-order valence-corrected chi connectivity index (χ4v) is 9.32. The first-order valence-corrected chi connectivity index (χ1v) is 14.1. The lowest BCUT2D eigenvalue weighted by molar-refractivity contribution is -0.277. The number of aliphatic hydroxyl groups is 1. The molecule has 2 aliphatic heterocycles. The van der Waals surface area contributed by atoms with Crippen LogP contribution in [-0.4, -0.2) is 54.2 Å². The number of halogens is 1. The van der Waals surface area contributed by atoms with Crippen molar-refractivity contribution in [1.29, 1.82) is 0 Å². The number of hydrogen-bond donors (Lipinski definition) is 2. The van der Waals surface area contributed by atoms with Crippen molar-refractivity contribution in [3.05, 3.63) is 53.6 Å². The Morgan fingerprint density at radius 1 is 1.10 bits per heavy atom. The Labute approximate surface area is 229 Å². The molecule has 5 fully saturated rings. The Kier molecular flexibility index (Phi) is 6.22. The van der Waals surface area contributed by atoms with Crippen LogP contribution in [0.4, 0.5) is 10.1 Å². The highest BCUT2D eigenvalue weighted by atomic mass is 19.1. The van der Waals surface area contributed by atoms with Crippen LogP contribution in [0.2, 0.25) is 0 Å². The van der Waals surface area contributed by atoms with Crippen LogP contribution in [0.15, 0.2) is 48.1 Å². The predicted molar refractivity (Wildman–Crippen MR) is 143 cm³/mol. The molecular formula is C31H40FNO6. The van der Waals surface area contributed by atoms with E-state index in [1.165, 1.54) is 6.08 Å². The lowest BCUT2D eigenvalue weighted by Gasteiger charge is -2.63. The van der Waals surface area contributed by atoms with Gasteiger partial charge in [-0.2, -0.15) is 0 Å². The summed E-state index contributed by atoms with van der Waals surface area (Å²) in [5.74, 6) is -1.44. The zero-order valence-electron chi connectivity index (χ0n) is 23.2. The number of aliphatic hydroxyl groups excluding tert-OH is 1. The number of aryl methyl sites for hydroxylation is 1. The number of carbonyl (C=O) groups excluding carboxylic acids is 1. The largest absolute Gasteiger partial charge is 0.399 e. The van der Waals surface area contributed by atoms with Crippen LogP contribution >= 0.6 is 0 Å². The smallest absolute Gasteiger partial charge is 0.227 e. The summed E-state index contributed by atoms with van der Waals surface area (Å²) in [5, 5.41) is 11.5. The van der Waals surface area contributed by atoms with Crippen molar-refractivity contribution in [2.45, 2.75) is 76.5 Å². The molecule has 0 bridgehead atoms. The quantitative estimate of drug-likeness (QED) is 0.462. The van der Waals surface area contributed by atoms with E-state index in [0.29, 0.717) is 12.8 Å². The van der Waals surface area contributed by atoms with E-state index in [1.54, 1.807) is 12.2 Å². The normalized spacial score (nSPS) is 47.8. The number of para-hydroxylation sites is 1. The number of nitrogen functional groups attached to an aromatic ring is 1. The van der Waals surface area contributed by atoms with Crippen LogP contribution in [-0.2, 0) is 23.7 Å². The minimum absolute atomic E-state index is 0.0110. The summed E-state index contributed by atoms with van der Waals surface area (Å²) in [6.45, 7) is 8.61. The van der Waals surface area contributed by atoms with Crippen molar-refractivity contribution >= 4 is 11.5 Å². The topological polar surface area (TPSA) is 100 Å². The minimum atomic E-state index is -1.84. The highest BCUT2D eigenvalue weighted by molar-refractivity contribution is 6.01. The van der Waals surface area contributed by atoms with Crippen molar-refractivity contribution in [3.8, 4) is 0 Å². The number of fused-ring (bicyclic) bond motifs is 7. The third-order valence-corrected chi connectivity index (χ3v) is 11.2. The van der Waals surface area contributed by atoms with Gasteiger partial charge in [-0.3, -0.25) is 4.79 Å². The van der Waals surface area contributed by atoms with Gasteiger partial charge < -0.3 is 29.8 Å². The maximum atomic E-state index is 17.3. The monoisotopic (exact) mass is 541 g/mol. The first kappa shape index (κ1) is 27.1. The van der Waals surface area contributed by atoms with Gasteiger partial charge in [0.2, 0.25) is 5.79 Å². The van der Waals surface area contributed by atoms with E-state index in [-0.39, 0.29) is 50.2 Å². The summed E-state index contributed by atoms with van der Waals surface area (Å²) in [6.07, 6.45) is 5.80. The van der Waals surface area contributed by atoms with E-state index in [2.05, 4.69) is 13.8 Å². The molecule has 6 aliphatic rings. The first-order valence-electron chi connectivity index (χ1n) is 14.1. The Balaban J connectivity index is 0.000000299. The maximum absolute atomic E-state index is 17.3. The second kappa shape index (κ2) is 8.95. The van der Waals surface area contributed by atoms with Crippen molar-refractivity contribution in [2.24, 2.45) is 28.6 Å². The van der Waals surface area contributed by atoms with Gasteiger partial charge in [0.1, 0.15) is 12.2 Å². The molecule has 4 aliphatic carbocycles. The van der Waals surface area contributed by atoms with Crippen LogP contribution in [0.3, 0.4) is 0 Å². The number of benzene rings is 1. The van der Waals surface area contributed by atoms with Crippen LogP contribution in [0.5, 0.6) is 0 Å². The standard InChI is InChI=1S/C24H31FO6.C7H9N/c1-14-8-18-17-5-4-15-9-16(26)6-7-20(15,2)23(17,25)19(27)10-21(18,3)24(14)22(30-13-31-24)11-28-12-29-22;1-6-4-2-3-5-7(6)8/h6-7,9,14,17-19,27H,4-5,8,10-13H2,1-3H3;2-5H,8H2,1H3/t14-,17+,18+,19+,20+,21+,22?,23+,24-;/m1./s1. The van der Waals surface area contributed by atoms with Crippen molar-refractivity contribution in [3.63, 3.8) is 0 Å². The second-order valence-corrected chi connectivity index (χ2v) is 12.8. The summed E-state index contributed by atoms with van der Waals surface area (Å²) >= 11 is 0. The summed E-state index contributed by atoms with van der Waals surface area (Å²) in [7, 11) is 0. The number of carbonyl (C=O) groups is 1. The molecule has 2 saturated heterocycles. The average Bonchev–Trinajstić information content (AvgIpc) is 3.59. The predicted octanol–water partition coefficient (Wildman–Crippen LogP) is 4.62. The molecule has 212 valence electrons. The number of alkyl halides is 1. The third-order valence-electron chi connectivity index (χ3n) is 11.2. The Morgan fingerprint density at radius 3 is 2.51 bits per heavy atom. The Hall–Kier alpha value is -2.10. The molecule has 8 heteroatoms. The van der Waals surface area contributed by atoms with Crippen LogP contribution in [0.1, 0.15) is 52.0 Å². The van der Waals surface area contributed by atoms with Gasteiger partial charge in [-0.05, 0) is 75.1 Å². The fraction of sp³-hybridized carbons (Fsp3) is 0.645. The highest BCUT2D eigenvalue weighted by Crippen LogP contribution is 2.74. The molecule has 1 unspecified atom stereocenters. The van der Waals surface area contributed by atoms with E-state index < -0.39 is 34.0 Å². The molecule has 7 nitrogen and oxygen atoms in total. The van der Waals surface area contributed by atoms with Gasteiger partial charge in [0, 0.05) is 22.4 Å². The van der Waals surface area contributed by atoms with E-state index in [1.807, 2.05) is 38.1 Å². The number of hydrogen-bond acceptors (Lipinski definition) is 7. The van der Waals surface area contributed by atoms with Crippen molar-refractivity contribution < 1.29 is 33.2 Å². The number of allylic oxidation sites excluding steroid dienone is 4. The lowest BCUT2D eigenvalue weighted by atomic mass is 9.44. The Morgan fingerprint density at radius 2 is 1.85 bits per heavy atom. The van der Waals surface area contributed by atoms with E-state index >= 15 is 4.39 Å². The number of ketones is 1. The van der Waals surface area contributed by atoms with E-state index in [0.717, 1.165) is 23.2 Å². The van der Waals surface area contributed by atoms with Crippen molar-refractivity contribution in [1.82, 2.24) is 0 Å². The van der Waals surface area contributed by atoms with E-state index in [9.17, 15) is 9.90 Å². The molecule has 0 amide bonds. The molecule has 9 atom stereocenters. The molecule has 7 rings (SSSR count). The number of rotatable bonds is 0. The zero-order valence-corrected chi connectivity index (χ0v) is 23.2. The van der Waals surface area contributed by atoms with Gasteiger partial charge in [0.15, 0.2) is 25.0 Å². The zero-order chi connectivity index (χ0) is 27.8. The van der Waals surface area contributed by atoms with Crippen LogP contribution in [0.25, 0.3) is 0 Å². The molecule has 3 N–H and O–H groups in total. The van der Waals surface area contributed by atoms with Gasteiger partial charge in [0.05, 0.1) is 6.10 Å². The molecule has 0 radical (unpaired) electrons. The summed E-state index contributed by atoms with van der Waals surface area (Å²) in [4.78, 5) is 12.0. The third kappa shape index (κ3) is 3.35. The molecule has 1 aromatic rings. The lowest BCUT2D eigenvalue weighted by Crippen LogP contribution is -2.71. The minimum Gasteiger partial charge on any atom is -0.399 e. The molecule has 0 aromatic heterocycles. The maximum Gasteiger partial charge on any atom is 0.227 e. The van der Waals surface area contributed by atoms with Gasteiger partial charge in [0.25, 0.3) is 0 Å². The molecule has 1 aromatic carbocycles. The van der Waals surface area contributed by atoms with Crippen LogP contribution < -0.4 is 5.73 Å². The number of anilines is 1. The summed E-state index contributed by atoms with van der Waals surface area (Å²) in [6, 6.07) is 7.80. The Bertz CT molecular complexity index is 1200. The van der Waals surface area contributed by atoms with Gasteiger partial charge >= 0.3 is 0 Å². The molecular weight excluding hydrogens is 501 g/mol. The van der Waals surface area contributed by atoms with Gasteiger partial charge in [-0.15, -0.1) is 0 Å². The second-order valence-electron chi connectivity index (χ2n) is 12.8. The molecule has 39 heavy (non-hydrogen) atoms. The van der Waals surface area contributed by atoms with Crippen LogP contribution in [0, 0.1) is 35.5 Å². The summed E-state index contributed by atoms with van der Waals surface area (Å²) in [5.41, 5.74) is 4.16. The fourth-order valence-electron chi connectivity index (χ4n) is 9.32. The van der Waals surface area contributed by atoms with Gasteiger partial charge in [-0.25, -0.2) is 4.39 Å². The van der Waals surface area contributed by atoms with Gasteiger partial charge in [-0.1, -0.05) is 43.7 Å². The SMILES string of the molecule is C[C@@H]1C[C@H]2[C@@H]3CCC4=CC(=O)C=C[C@]4(C)[C@@]3(F)[C@@H](O)C[C@]2(C)[C@]12OCOC21COCO1.Cc1ccccc1N. The molecule has 3 saturated carbocycles. The first-order chi connectivity index (χ1) is 18.5. The highest BCUT2D eigenvalue weighted by Gasteiger charge is 2.81. The number of nitrogens with two attached hydrogens (primary N) is 1. The van der Waals surface area contributed by atoms with Crippen molar-refractivity contribution in [2.75, 3.05) is 25.9 Å². The molecule has 2 spiro atoms. The molecule has 2 heterocycles.